The Bertz CT molecular complexity index is 1310. The van der Waals surface area contributed by atoms with Crippen LogP contribution in [0.1, 0.15) is 80.2 Å². The molecule has 0 bridgehead atoms. The van der Waals surface area contributed by atoms with Crippen molar-refractivity contribution in [2.75, 3.05) is 26.4 Å². The molecule has 8 nitrogen and oxygen atoms in total. The Balaban J connectivity index is 1.79. The Morgan fingerprint density at radius 3 is 2.62 bits per heavy atom. The van der Waals surface area contributed by atoms with Crippen molar-refractivity contribution in [3.8, 4) is 28.5 Å². The Kier molecular flexibility index (Phi) is 9.40. The molecule has 0 aliphatic carbocycles. The fourth-order valence-electron chi connectivity index (χ4n) is 4.80. The Morgan fingerprint density at radius 2 is 1.90 bits per heavy atom. The number of aromatic nitrogens is 2. The van der Waals surface area contributed by atoms with Crippen molar-refractivity contribution in [2.45, 2.75) is 66.0 Å². The molecule has 210 valence electrons. The summed E-state index contributed by atoms with van der Waals surface area (Å²) in [6.45, 7) is 12.0. The fraction of sp³-hybridized carbons (Fsp3) is 0.467. The first kappa shape index (κ1) is 28.8. The molecule has 0 saturated heterocycles. The first-order chi connectivity index (χ1) is 18.8. The number of carbonyl (C=O) groups excluding carboxylic acids is 1. The molecule has 0 saturated carbocycles. The van der Waals surface area contributed by atoms with Gasteiger partial charge in [-0.2, -0.15) is 5.10 Å². The van der Waals surface area contributed by atoms with Crippen LogP contribution < -0.4 is 9.47 Å². The number of phenolic OH excluding ortho intramolecular Hbond substituents is 1. The molecule has 0 fully saturated rings. The van der Waals surface area contributed by atoms with Crippen molar-refractivity contribution < 1.29 is 24.1 Å². The molecule has 2 aromatic carbocycles. The van der Waals surface area contributed by atoms with Crippen LogP contribution in [0.25, 0.3) is 11.3 Å². The van der Waals surface area contributed by atoms with E-state index in [1.165, 1.54) is 0 Å². The van der Waals surface area contributed by atoms with E-state index in [4.69, 9.17) is 25.8 Å². The van der Waals surface area contributed by atoms with E-state index < -0.39 is 6.04 Å². The minimum Gasteiger partial charge on any atom is -0.507 e. The number of halogens is 1. The van der Waals surface area contributed by atoms with E-state index >= 15 is 0 Å². The van der Waals surface area contributed by atoms with Gasteiger partial charge in [0.1, 0.15) is 17.1 Å². The maximum Gasteiger partial charge on any atom is 0.273 e. The number of hydrogen-bond acceptors (Lipinski definition) is 6. The van der Waals surface area contributed by atoms with Gasteiger partial charge in [0.2, 0.25) is 0 Å². The number of nitrogens with one attached hydrogen (secondary N) is 1. The number of aryl methyl sites for hydroxylation is 1. The number of rotatable bonds is 13. The number of amides is 1. The summed E-state index contributed by atoms with van der Waals surface area (Å²) in [4.78, 5) is 15.5. The molecule has 1 unspecified atom stereocenters. The first-order valence-electron chi connectivity index (χ1n) is 13.7. The Hall–Kier alpha value is -3.23. The lowest BCUT2D eigenvalue weighted by Crippen LogP contribution is -2.31. The lowest BCUT2D eigenvalue weighted by Gasteiger charge is -2.27. The van der Waals surface area contributed by atoms with Gasteiger partial charge in [-0.15, -0.1) is 0 Å². The lowest BCUT2D eigenvalue weighted by atomic mass is 9.95. The highest BCUT2D eigenvalue weighted by Gasteiger charge is 2.42. The molecule has 0 spiro atoms. The molecule has 1 atom stereocenters. The van der Waals surface area contributed by atoms with Gasteiger partial charge < -0.3 is 24.2 Å². The average molecular weight is 556 g/mol. The summed E-state index contributed by atoms with van der Waals surface area (Å²) in [6, 6.07) is 8.66. The molecule has 1 aliphatic heterocycles. The molecule has 2 heterocycles. The Morgan fingerprint density at radius 1 is 1.10 bits per heavy atom. The summed E-state index contributed by atoms with van der Waals surface area (Å²) in [5.41, 5.74) is 3.67. The number of nitrogens with zero attached hydrogens (tertiary/aromatic N) is 2. The highest BCUT2D eigenvalue weighted by atomic mass is 35.5. The van der Waals surface area contributed by atoms with E-state index in [0.717, 1.165) is 24.0 Å². The van der Waals surface area contributed by atoms with Gasteiger partial charge in [-0.3, -0.25) is 9.89 Å². The zero-order valence-corrected chi connectivity index (χ0v) is 24.1. The second kappa shape index (κ2) is 12.7. The Labute approximate surface area is 235 Å². The number of carbonyl (C=O) groups is 1. The van der Waals surface area contributed by atoms with Crippen molar-refractivity contribution in [1.29, 1.82) is 0 Å². The van der Waals surface area contributed by atoms with Gasteiger partial charge in [0.05, 0.1) is 25.4 Å². The number of fused-ring (bicyclic) bond motifs is 1. The first-order valence-corrected chi connectivity index (χ1v) is 14.0. The highest BCUT2D eigenvalue weighted by molar-refractivity contribution is 6.31. The molecule has 0 radical (unpaired) electrons. The van der Waals surface area contributed by atoms with Crippen molar-refractivity contribution in [3.05, 3.63) is 57.7 Å². The van der Waals surface area contributed by atoms with E-state index in [-0.39, 0.29) is 17.8 Å². The third kappa shape index (κ3) is 6.17. The summed E-state index contributed by atoms with van der Waals surface area (Å²) in [5, 5.41) is 18.7. The van der Waals surface area contributed by atoms with Crippen molar-refractivity contribution in [1.82, 2.24) is 15.1 Å². The minimum absolute atomic E-state index is 0.0517. The normalized spacial score (nSPS) is 14.8. The maximum absolute atomic E-state index is 13.7. The molecule has 39 heavy (non-hydrogen) atoms. The number of unbranched alkanes of at least 4 members (excludes halogenated alkanes) is 1. The molecule has 2 N–H and O–H groups in total. The van der Waals surface area contributed by atoms with Crippen LogP contribution in [0, 0.1) is 6.92 Å². The molecule has 3 aromatic rings. The van der Waals surface area contributed by atoms with Crippen molar-refractivity contribution >= 4 is 17.5 Å². The number of aromatic amines is 1. The zero-order valence-electron chi connectivity index (χ0n) is 23.3. The quantitative estimate of drug-likeness (QED) is 0.228. The monoisotopic (exact) mass is 555 g/mol. The maximum atomic E-state index is 13.7. The smallest absolute Gasteiger partial charge is 0.273 e. The van der Waals surface area contributed by atoms with Gasteiger partial charge >= 0.3 is 0 Å². The second-order valence-corrected chi connectivity index (χ2v) is 10.4. The van der Waals surface area contributed by atoms with Crippen LogP contribution in [0.2, 0.25) is 5.02 Å². The van der Waals surface area contributed by atoms with Crippen LogP contribution in [0.3, 0.4) is 0 Å². The molecular weight excluding hydrogens is 518 g/mol. The lowest BCUT2D eigenvalue weighted by molar-refractivity contribution is 0.0601. The number of aromatic hydroxyl groups is 1. The van der Waals surface area contributed by atoms with Gasteiger partial charge in [-0.25, -0.2) is 0 Å². The molecule has 1 amide bonds. The largest absolute Gasteiger partial charge is 0.507 e. The van der Waals surface area contributed by atoms with E-state index in [0.29, 0.717) is 71.8 Å². The van der Waals surface area contributed by atoms with Gasteiger partial charge in [-0.05, 0) is 75.9 Å². The van der Waals surface area contributed by atoms with Crippen LogP contribution in [0.15, 0.2) is 30.3 Å². The molecule has 1 aliphatic rings. The van der Waals surface area contributed by atoms with E-state index in [2.05, 4.69) is 17.1 Å². The van der Waals surface area contributed by atoms with Gasteiger partial charge in [0, 0.05) is 29.3 Å². The third-order valence-electron chi connectivity index (χ3n) is 6.73. The zero-order chi connectivity index (χ0) is 28.1. The van der Waals surface area contributed by atoms with E-state index in [9.17, 15) is 9.90 Å². The number of ether oxygens (including phenoxy) is 3. The van der Waals surface area contributed by atoms with Crippen LogP contribution in [0.5, 0.6) is 17.2 Å². The average Bonchev–Trinajstić information content (AvgIpc) is 3.44. The van der Waals surface area contributed by atoms with Crippen molar-refractivity contribution in [2.24, 2.45) is 0 Å². The second-order valence-electron chi connectivity index (χ2n) is 9.99. The summed E-state index contributed by atoms with van der Waals surface area (Å²) in [5.74, 6) is 1.19. The third-order valence-corrected chi connectivity index (χ3v) is 7.14. The SMILES string of the molecule is CCCCOc1ccc(C2c3c(-c4cc(Cl)c(C)cc4O)n[nH]c3C(=O)N2CCCOC(C)C)cc1OCC. The molecule has 9 heteroatoms. The molecule has 4 rings (SSSR count). The van der Waals surface area contributed by atoms with Crippen molar-refractivity contribution in [3.63, 3.8) is 0 Å². The summed E-state index contributed by atoms with van der Waals surface area (Å²) in [7, 11) is 0. The summed E-state index contributed by atoms with van der Waals surface area (Å²) < 4.78 is 17.7. The number of benzene rings is 2. The minimum atomic E-state index is -0.455. The van der Waals surface area contributed by atoms with Gasteiger partial charge in [-0.1, -0.05) is 31.0 Å². The topological polar surface area (TPSA) is 96.9 Å². The summed E-state index contributed by atoms with van der Waals surface area (Å²) >= 11 is 6.43. The van der Waals surface area contributed by atoms with Gasteiger partial charge in [0.25, 0.3) is 5.91 Å². The van der Waals surface area contributed by atoms with Crippen LogP contribution >= 0.6 is 11.6 Å². The van der Waals surface area contributed by atoms with Crippen LogP contribution in [-0.2, 0) is 4.74 Å². The number of H-pyrrole nitrogens is 1. The predicted molar refractivity (Wildman–Crippen MR) is 152 cm³/mol. The summed E-state index contributed by atoms with van der Waals surface area (Å²) in [6.07, 6.45) is 2.76. The van der Waals surface area contributed by atoms with Crippen LogP contribution in [0.4, 0.5) is 0 Å². The van der Waals surface area contributed by atoms with Gasteiger partial charge in [0.15, 0.2) is 11.5 Å². The van der Waals surface area contributed by atoms with Crippen LogP contribution in [-0.4, -0.2) is 58.6 Å². The standard InChI is InChI=1S/C30H38ClN3O5/c1-6-8-13-39-24-11-10-20(16-25(24)37-7-2)29-26-27(21-17-22(31)19(5)15-23(21)35)32-33-28(26)30(36)34(29)12-9-14-38-18(3)4/h10-11,15-18,29,35H,6-9,12-14H2,1-5H3,(H,32,33). The molecule has 1 aromatic heterocycles. The predicted octanol–water partition coefficient (Wildman–Crippen LogP) is 6.68. The fourth-order valence-corrected chi connectivity index (χ4v) is 4.96. The van der Waals surface area contributed by atoms with E-state index in [1.54, 1.807) is 12.1 Å². The molecular formula is C30H38ClN3O5. The number of phenols is 1. The number of hydrogen-bond donors (Lipinski definition) is 2. The highest BCUT2D eigenvalue weighted by Crippen LogP contribution is 2.46. The van der Waals surface area contributed by atoms with E-state index in [1.807, 2.05) is 50.8 Å².